The lowest BCUT2D eigenvalue weighted by Gasteiger charge is -2.27. The van der Waals surface area contributed by atoms with Crippen molar-refractivity contribution in [3.8, 4) is 0 Å². The highest BCUT2D eigenvalue weighted by atomic mass is 79.9. The number of nitrogens with zero attached hydrogens (tertiary/aromatic N) is 2. The van der Waals surface area contributed by atoms with E-state index in [0.717, 1.165) is 27.0 Å². The Bertz CT molecular complexity index is 670. The fourth-order valence-electron chi connectivity index (χ4n) is 2.63. The summed E-state index contributed by atoms with van der Waals surface area (Å²) in [5, 5.41) is 9.60. The molecule has 0 saturated carbocycles. The van der Waals surface area contributed by atoms with Crippen molar-refractivity contribution in [1.82, 2.24) is 0 Å². The van der Waals surface area contributed by atoms with Gasteiger partial charge < -0.3 is 10.0 Å². The molecule has 0 aliphatic carbocycles. The summed E-state index contributed by atoms with van der Waals surface area (Å²) in [5.41, 5.74) is 4.27. The average molecular weight is 345 g/mol. The molecule has 0 spiro atoms. The Morgan fingerprint density at radius 1 is 1.24 bits per heavy atom. The van der Waals surface area contributed by atoms with E-state index in [9.17, 15) is 5.11 Å². The number of aliphatic hydroxyl groups excluding tert-OH is 1. The second-order valence-electron chi connectivity index (χ2n) is 5.16. The van der Waals surface area contributed by atoms with E-state index in [1.54, 1.807) is 0 Å². The van der Waals surface area contributed by atoms with Crippen LogP contribution >= 0.6 is 15.9 Å². The van der Waals surface area contributed by atoms with Crippen molar-refractivity contribution < 1.29 is 5.11 Å². The number of benzene rings is 2. The highest BCUT2D eigenvalue weighted by molar-refractivity contribution is 9.10. The first-order valence-corrected chi connectivity index (χ1v) is 7.73. The van der Waals surface area contributed by atoms with Gasteiger partial charge in [-0.05, 0) is 18.2 Å². The molecule has 0 saturated heterocycles. The molecule has 1 atom stereocenters. The highest BCUT2D eigenvalue weighted by Crippen LogP contribution is 2.30. The topological polar surface area (TPSA) is 35.8 Å². The molecular formula is C17H17BrN2O. The van der Waals surface area contributed by atoms with Crippen LogP contribution in [0.25, 0.3) is 0 Å². The molecule has 3 nitrogen and oxygen atoms in total. The van der Waals surface area contributed by atoms with Gasteiger partial charge in [0.15, 0.2) is 0 Å². The SMILES string of the molecule is CN1c2ccc(Br)cc2C(c2ccccc2)=NCC1CO. The summed E-state index contributed by atoms with van der Waals surface area (Å²) in [6.07, 6.45) is 0. The second kappa shape index (κ2) is 6.00. The summed E-state index contributed by atoms with van der Waals surface area (Å²) in [4.78, 5) is 6.89. The number of rotatable bonds is 2. The van der Waals surface area contributed by atoms with Gasteiger partial charge in [-0.2, -0.15) is 0 Å². The Balaban J connectivity index is 2.18. The summed E-state index contributed by atoms with van der Waals surface area (Å²) in [5.74, 6) is 0. The average Bonchev–Trinajstić information content (AvgIpc) is 2.65. The van der Waals surface area contributed by atoms with Gasteiger partial charge in [-0.25, -0.2) is 0 Å². The Hall–Kier alpha value is -1.65. The monoisotopic (exact) mass is 344 g/mol. The Labute approximate surface area is 133 Å². The molecule has 2 aromatic carbocycles. The number of halogens is 1. The lowest BCUT2D eigenvalue weighted by molar-refractivity contribution is 0.265. The fraction of sp³-hybridized carbons (Fsp3) is 0.235. The van der Waals surface area contributed by atoms with Gasteiger partial charge in [-0.1, -0.05) is 46.3 Å². The molecule has 4 heteroatoms. The van der Waals surface area contributed by atoms with E-state index in [-0.39, 0.29) is 12.6 Å². The maximum Gasteiger partial charge on any atom is 0.0741 e. The minimum Gasteiger partial charge on any atom is -0.394 e. The van der Waals surface area contributed by atoms with Crippen molar-refractivity contribution in [2.45, 2.75) is 6.04 Å². The number of aliphatic imine (C=N–C) groups is 1. The van der Waals surface area contributed by atoms with Crippen molar-refractivity contribution >= 4 is 27.3 Å². The van der Waals surface area contributed by atoms with Crippen LogP contribution in [0.15, 0.2) is 58.0 Å². The third-order valence-corrected chi connectivity index (χ3v) is 4.35. The largest absolute Gasteiger partial charge is 0.394 e. The molecule has 3 rings (SSSR count). The molecule has 0 fully saturated rings. The van der Waals surface area contributed by atoms with Crippen LogP contribution in [0.1, 0.15) is 11.1 Å². The van der Waals surface area contributed by atoms with Crippen LogP contribution in [0.3, 0.4) is 0 Å². The summed E-state index contributed by atoms with van der Waals surface area (Å²) in [6, 6.07) is 16.4. The standard InChI is InChI=1S/C17H17BrN2O/c1-20-14(11-21)10-19-17(12-5-3-2-4-6-12)15-9-13(18)7-8-16(15)20/h2-9,14,21H,10-11H2,1H3. The normalized spacial score (nSPS) is 18.0. The number of aliphatic hydroxyl groups is 1. The van der Waals surface area contributed by atoms with E-state index in [4.69, 9.17) is 4.99 Å². The highest BCUT2D eigenvalue weighted by Gasteiger charge is 2.23. The predicted octanol–water partition coefficient (Wildman–Crippen LogP) is 3.10. The molecule has 1 N–H and O–H groups in total. The van der Waals surface area contributed by atoms with E-state index in [0.29, 0.717) is 6.54 Å². The van der Waals surface area contributed by atoms with E-state index in [1.165, 1.54) is 0 Å². The molecule has 21 heavy (non-hydrogen) atoms. The minimum atomic E-state index is 0.00568. The van der Waals surface area contributed by atoms with Crippen LogP contribution in [-0.4, -0.2) is 37.1 Å². The first-order valence-electron chi connectivity index (χ1n) is 6.94. The molecule has 108 valence electrons. The van der Waals surface area contributed by atoms with E-state index in [1.807, 2.05) is 31.3 Å². The molecule has 0 amide bonds. The van der Waals surface area contributed by atoms with Crippen molar-refractivity contribution in [3.05, 3.63) is 64.1 Å². The zero-order valence-electron chi connectivity index (χ0n) is 11.8. The molecule has 1 unspecified atom stereocenters. The number of hydrogen-bond acceptors (Lipinski definition) is 3. The molecule has 2 aromatic rings. The van der Waals surface area contributed by atoms with Crippen LogP contribution in [0.5, 0.6) is 0 Å². The molecule has 1 aliphatic heterocycles. The Morgan fingerprint density at radius 2 is 2.00 bits per heavy atom. The molecular weight excluding hydrogens is 328 g/mol. The predicted molar refractivity (Wildman–Crippen MR) is 90.4 cm³/mol. The third kappa shape index (κ3) is 2.74. The van der Waals surface area contributed by atoms with Crippen molar-refractivity contribution in [2.24, 2.45) is 4.99 Å². The summed E-state index contributed by atoms with van der Waals surface area (Å²) in [6.45, 7) is 0.682. The molecule has 1 heterocycles. The van der Waals surface area contributed by atoms with Crippen LogP contribution in [0, 0.1) is 0 Å². The van der Waals surface area contributed by atoms with Gasteiger partial charge in [0.05, 0.1) is 24.9 Å². The number of benzodiazepines with no additional fused rings is 1. The molecule has 1 aliphatic rings. The van der Waals surface area contributed by atoms with Gasteiger partial charge in [-0.3, -0.25) is 4.99 Å². The minimum absolute atomic E-state index is 0.00568. The number of hydrogen-bond donors (Lipinski definition) is 1. The number of anilines is 1. The van der Waals surface area contributed by atoms with Crippen LogP contribution < -0.4 is 4.90 Å². The van der Waals surface area contributed by atoms with Gasteiger partial charge in [0.1, 0.15) is 0 Å². The van der Waals surface area contributed by atoms with Crippen molar-refractivity contribution in [3.63, 3.8) is 0 Å². The van der Waals surface area contributed by atoms with Crippen LogP contribution in [-0.2, 0) is 0 Å². The lowest BCUT2D eigenvalue weighted by atomic mass is 10.0. The molecule has 0 radical (unpaired) electrons. The maximum absolute atomic E-state index is 9.60. The third-order valence-electron chi connectivity index (χ3n) is 3.86. The zero-order chi connectivity index (χ0) is 14.8. The zero-order valence-corrected chi connectivity index (χ0v) is 13.4. The van der Waals surface area contributed by atoms with Gasteiger partial charge in [-0.15, -0.1) is 0 Å². The van der Waals surface area contributed by atoms with E-state index >= 15 is 0 Å². The van der Waals surface area contributed by atoms with Gasteiger partial charge in [0.2, 0.25) is 0 Å². The maximum atomic E-state index is 9.60. The fourth-order valence-corrected chi connectivity index (χ4v) is 2.99. The van der Waals surface area contributed by atoms with E-state index in [2.05, 4.69) is 45.1 Å². The molecule has 0 aromatic heterocycles. The van der Waals surface area contributed by atoms with Crippen molar-refractivity contribution in [2.75, 3.05) is 25.1 Å². The first kappa shape index (κ1) is 14.3. The Kier molecular flexibility index (Phi) is 4.08. The van der Waals surface area contributed by atoms with Crippen molar-refractivity contribution in [1.29, 1.82) is 0 Å². The number of fused-ring (bicyclic) bond motifs is 1. The first-order chi connectivity index (χ1) is 10.2. The summed E-state index contributed by atoms with van der Waals surface area (Å²) in [7, 11) is 2.01. The smallest absolute Gasteiger partial charge is 0.0741 e. The van der Waals surface area contributed by atoms with Gasteiger partial charge in [0, 0.05) is 28.3 Å². The van der Waals surface area contributed by atoms with Crippen LogP contribution in [0.4, 0.5) is 5.69 Å². The van der Waals surface area contributed by atoms with Crippen LogP contribution in [0.2, 0.25) is 0 Å². The van der Waals surface area contributed by atoms with Gasteiger partial charge >= 0.3 is 0 Å². The Morgan fingerprint density at radius 3 is 2.71 bits per heavy atom. The van der Waals surface area contributed by atoms with E-state index < -0.39 is 0 Å². The lowest BCUT2D eigenvalue weighted by Crippen LogP contribution is -2.36. The summed E-state index contributed by atoms with van der Waals surface area (Å²) >= 11 is 3.55. The summed E-state index contributed by atoms with van der Waals surface area (Å²) < 4.78 is 1.03. The molecule has 0 bridgehead atoms. The second-order valence-corrected chi connectivity index (χ2v) is 6.08. The quantitative estimate of drug-likeness (QED) is 0.908. The van der Waals surface area contributed by atoms with Gasteiger partial charge in [0.25, 0.3) is 0 Å². The number of likely N-dealkylation sites (N-methyl/N-ethyl adjacent to an activating group) is 1.